The average Bonchev–Trinajstić information content (AvgIpc) is 2.25. The molecule has 0 aliphatic carbocycles. The minimum Gasteiger partial charge on any atom is -0.465 e. The minimum atomic E-state index is -0.907. The zero-order valence-corrected chi connectivity index (χ0v) is 13.6. The molecule has 1 radical (unpaired) electrons. The van der Waals surface area contributed by atoms with Crippen molar-refractivity contribution in [2.24, 2.45) is 0 Å². The Labute approximate surface area is 128 Å². The molecule has 97 valence electrons. The summed E-state index contributed by atoms with van der Waals surface area (Å²) in [5.74, 6) is 0. The first kappa shape index (κ1) is 19.6. The van der Waals surface area contributed by atoms with E-state index in [0.29, 0.717) is 6.54 Å². The summed E-state index contributed by atoms with van der Waals surface area (Å²) in [5.41, 5.74) is 0. The number of rotatable bonds is 11. The minimum absolute atomic E-state index is 0. The maximum Gasteiger partial charge on any atom is 0.404 e. The molecule has 0 atom stereocenters. The number of nitrogens with one attached hydrogen (secondary N) is 1. The van der Waals surface area contributed by atoms with Crippen LogP contribution >= 0.6 is 0 Å². The monoisotopic (exact) mass is 252 g/mol. The van der Waals surface area contributed by atoms with Gasteiger partial charge in [0.15, 0.2) is 0 Å². The Morgan fingerprint density at radius 2 is 1.29 bits per heavy atom. The van der Waals surface area contributed by atoms with Crippen molar-refractivity contribution in [2.45, 2.75) is 71.1 Å². The standard InChI is InChI=1S/C13H27NO2.Na/c1-2-3-4-5-6-7-8-9-10-11-12-14-13(15)16;/h14H,2-12H2,1H3,(H,15,16);. The van der Waals surface area contributed by atoms with Gasteiger partial charge in [0, 0.05) is 36.1 Å². The predicted octanol–water partition coefficient (Wildman–Crippen LogP) is 3.79. The van der Waals surface area contributed by atoms with E-state index in [2.05, 4.69) is 12.2 Å². The van der Waals surface area contributed by atoms with Gasteiger partial charge >= 0.3 is 6.09 Å². The number of carboxylic acid groups (broad SMARTS) is 1. The summed E-state index contributed by atoms with van der Waals surface area (Å²) in [6.07, 6.45) is 11.9. The first-order chi connectivity index (χ1) is 7.77. The van der Waals surface area contributed by atoms with Crippen molar-refractivity contribution in [2.75, 3.05) is 6.54 Å². The van der Waals surface area contributed by atoms with E-state index in [1.54, 1.807) is 0 Å². The van der Waals surface area contributed by atoms with Crippen LogP contribution in [0.5, 0.6) is 0 Å². The molecule has 0 bridgehead atoms. The van der Waals surface area contributed by atoms with E-state index in [0.717, 1.165) is 12.8 Å². The molecule has 3 nitrogen and oxygen atoms in total. The molecule has 4 heteroatoms. The van der Waals surface area contributed by atoms with Crippen molar-refractivity contribution in [1.82, 2.24) is 5.32 Å². The zero-order chi connectivity index (χ0) is 12.1. The fraction of sp³-hybridized carbons (Fsp3) is 0.923. The zero-order valence-electron chi connectivity index (χ0n) is 11.6. The fourth-order valence-corrected chi connectivity index (χ4v) is 1.81. The third-order valence-corrected chi connectivity index (χ3v) is 2.81. The molecule has 0 saturated heterocycles. The second-order valence-corrected chi connectivity index (χ2v) is 4.41. The number of carbonyl (C=O) groups is 1. The molecule has 0 rings (SSSR count). The van der Waals surface area contributed by atoms with E-state index in [1.165, 1.54) is 51.4 Å². The molecule has 0 aromatic rings. The maximum absolute atomic E-state index is 10.1. The van der Waals surface area contributed by atoms with Crippen molar-refractivity contribution >= 4 is 35.7 Å². The van der Waals surface area contributed by atoms with Gasteiger partial charge in [0.25, 0.3) is 0 Å². The van der Waals surface area contributed by atoms with Gasteiger partial charge in [-0.05, 0) is 6.42 Å². The molecule has 0 aliphatic rings. The molecule has 0 fully saturated rings. The molecular formula is C13H27NNaO2. The van der Waals surface area contributed by atoms with E-state index >= 15 is 0 Å². The SMILES string of the molecule is CCCCCCCCCCCCNC(=O)O.[Na]. The van der Waals surface area contributed by atoms with Gasteiger partial charge in [-0.25, -0.2) is 4.79 Å². The van der Waals surface area contributed by atoms with E-state index < -0.39 is 6.09 Å². The Kier molecular flexibility index (Phi) is 18.8. The topological polar surface area (TPSA) is 49.3 Å². The number of unbranched alkanes of at least 4 members (excludes halogenated alkanes) is 9. The predicted molar refractivity (Wildman–Crippen MR) is 73.6 cm³/mol. The molecule has 17 heavy (non-hydrogen) atoms. The Morgan fingerprint density at radius 1 is 0.882 bits per heavy atom. The second kappa shape index (κ2) is 16.3. The summed E-state index contributed by atoms with van der Waals surface area (Å²) in [6.45, 7) is 2.84. The first-order valence-electron chi connectivity index (χ1n) is 6.74. The van der Waals surface area contributed by atoms with Gasteiger partial charge in [0.2, 0.25) is 0 Å². The summed E-state index contributed by atoms with van der Waals surface area (Å²) in [5, 5.41) is 10.7. The van der Waals surface area contributed by atoms with E-state index in [4.69, 9.17) is 5.11 Å². The van der Waals surface area contributed by atoms with Crippen LogP contribution < -0.4 is 5.32 Å². The van der Waals surface area contributed by atoms with Crippen LogP contribution in [0.2, 0.25) is 0 Å². The molecule has 1 amide bonds. The fourth-order valence-electron chi connectivity index (χ4n) is 1.81. The molecule has 0 unspecified atom stereocenters. The molecular weight excluding hydrogens is 225 g/mol. The van der Waals surface area contributed by atoms with Crippen LogP contribution in [0.25, 0.3) is 0 Å². The van der Waals surface area contributed by atoms with Crippen LogP contribution in [0.15, 0.2) is 0 Å². The molecule has 2 N–H and O–H groups in total. The Hall–Kier alpha value is 0.270. The van der Waals surface area contributed by atoms with E-state index in [9.17, 15) is 4.79 Å². The molecule has 0 aromatic heterocycles. The van der Waals surface area contributed by atoms with Crippen molar-refractivity contribution in [3.8, 4) is 0 Å². The second-order valence-electron chi connectivity index (χ2n) is 4.41. The summed E-state index contributed by atoms with van der Waals surface area (Å²) in [4.78, 5) is 10.1. The number of amides is 1. The van der Waals surface area contributed by atoms with Gasteiger partial charge in [-0.2, -0.15) is 0 Å². The number of hydrogen-bond donors (Lipinski definition) is 2. The van der Waals surface area contributed by atoms with Crippen LogP contribution in [0.4, 0.5) is 4.79 Å². The molecule has 0 spiro atoms. The van der Waals surface area contributed by atoms with Gasteiger partial charge < -0.3 is 10.4 Å². The summed E-state index contributed by atoms with van der Waals surface area (Å²) < 4.78 is 0. The van der Waals surface area contributed by atoms with Crippen molar-refractivity contribution in [3.63, 3.8) is 0 Å². The maximum atomic E-state index is 10.1. The van der Waals surface area contributed by atoms with Crippen molar-refractivity contribution < 1.29 is 9.90 Å². The average molecular weight is 252 g/mol. The van der Waals surface area contributed by atoms with E-state index in [1.807, 2.05) is 0 Å². The van der Waals surface area contributed by atoms with Gasteiger partial charge in [0.1, 0.15) is 0 Å². The molecule has 0 saturated carbocycles. The normalized spacial score (nSPS) is 9.71. The molecule has 0 heterocycles. The summed E-state index contributed by atoms with van der Waals surface area (Å²) in [6, 6.07) is 0. The van der Waals surface area contributed by atoms with Crippen LogP contribution in [-0.2, 0) is 0 Å². The Balaban J connectivity index is 0. The van der Waals surface area contributed by atoms with Crippen LogP contribution in [0.1, 0.15) is 71.1 Å². The van der Waals surface area contributed by atoms with Gasteiger partial charge in [0.05, 0.1) is 0 Å². The van der Waals surface area contributed by atoms with Gasteiger partial charge in [-0.1, -0.05) is 64.7 Å². The summed E-state index contributed by atoms with van der Waals surface area (Å²) >= 11 is 0. The third-order valence-electron chi connectivity index (χ3n) is 2.81. The van der Waals surface area contributed by atoms with Crippen LogP contribution in [-0.4, -0.2) is 47.3 Å². The third kappa shape index (κ3) is 18.8. The first-order valence-corrected chi connectivity index (χ1v) is 6.74. The van der Waals surface area contributed by atoms with Crippen molar-refractivity contribution in [3.05, 3.63) is 0 Å². The van der Waals surface area contributed by atoms with Gasteiger partial charge in [-0.15, -0.1) is 0 Å². The van der Waals surface area contributed by atoms with Crippen molar-refractivity contribution in [1.29, 1.82) is 0 Å². The van der Waals surface area contributed by atoms with Gasteiger partial charge in [-0.3, -0.25) is 0 Å². The molecule has 0 aliphatic heterocycles. The van der Waals surface area contributed by atoms with Crippen LogP contribution in [0, 0.1) is 0 Å². The van der Waals surface area contributed by atoms with Crippen LogP contribution in [0.3, 0.4) is 0 Å². The largest absolute Gasteiger partial charge is 0.465 e. The van der Waals surface area contributed by atoms with E-state index in [-0.39, 0.29) is 29.6 Å². The Morgan fingerprint density at radius 3 is 1.71 bits per heavy atom. The Bertz CT molecular complexity index is 165. The summed E-state index contributed by atoms with van der Waals surface area (Å²) in [7, 11) is 0. The quantitative estimate of drug-likeness (QED) is 0.434. The molecule has 0 aromatic carbocycles. The number of hydrogen-bond acceptors (Lipinski definition) is 1. The smallest absolute Gasteiger partial charge is 0.404 e.